The molecule has 21 heavy (non-hydrogen) atoms. The topological polar surface area (TPSA) is 54.0 Å². The van der Waals surface area contributed by atoms with Crippen LogP contribution < -0.4 is 10.6 Å². The number of aromatic nitrogens is 1. The Balaban J connectivity index is 2.18. The van der Waals surface area contributed by atoms with Gasteiger partial charge in [-0.05, 0) is 53.8 Å². The summed E-state index contributed by atoms with van der Waals surface area (Å²) in [6, 6.07) is 6.96. The van der Waals surface area contributed by atoms with Crippen molar-refractivity contribution in [3.63, 3.8) is 0 Å². The molecule has 0 saturated carbocycles. The molecule has 0 aliphatic heterocycles. The van der Waals surface area contributed by atoms with Crippen LogP contribution in [0.2, 0.25) is 10.0 Å². The summed E-state index contributed by atoms with van der Waals surface area (Å²) in [4.78, 5) is 16.3. The Morgan fingerprint density at radius 2 is 2.05 bits per heavy atom. The largest absolute Gasteiger partial charge is 0.369 e. The molecule has 7 heteroatoms. The number of anilines is 2. The van der Waals surface area contributed by atoms with Crippen LogP contribution >= 0.6 is 45.8 Å². The Morgan fingerprint density at radius 1 is 1.29 bits per heavy atom. The first kappa shape index (κ1) is 16.3. The molecule has 2 N–H and O–H groups in total. The molecular weight excluding hydrogens is 424 g/mol. The summed E-state index contributed by atoms with van der Waals surface area (Å²) in [5.74, 6) is 0.249. The van der Waals surface area contributed by atoms with E-state index >= 15 is 0 Å². The Labute approximate surface area is 146 Å². The van der Waals surface area contributed by atoms with Crippen molar-refractivity contribution in [3.05, 3.63) is 49.6 Å². The van der Waals surface area contributed by atoms with Crippen molar-refractivity contribution in [3.8, 4) is 0 Å². The van der Waals surface area contributed by atoms with Crippen molar-refractivity contribution in [1.82, 2.24) is 4.98 Å². The summed E-state index contributed by atoms with van der Waals surface area (Å²) in [6.45, 7) is 2.65. The van der Waals surface area contributed by atoms with Crippen molar-refractivity contribution in [2.24, 2.45) is 0 Å². The van der Waals surface area contributed by atoms with Gasteiger partial charge in [-0.15, -0.1) is 0 Å². The van der Waals surface area contributed by atoms with Gasteiger partial charge in [0.2, 0.25) is 0 Å². The summed E-state index contributed by atoms with van der Waals surface area (Å²) in [7, 11) is 0. The van der Waals surface area contributed by atoms with E-state index in [1.165, 1.54) is 6.20 Å². The quantitative estimate of drug-likeness (QED) is 0.685. The molecule has 0 atom stereocenters. The predicted molar refractivity (Wildman–Crippen MR) is 95.5 cm³/mol. The number of carbonyl (C=O) groups excluding carboxylic acids is 1. The SMILES string of the molecule is CCNc1ncc(C(=O)Nc2ccc(I)cc2Cl)cc1Cl. The summed E-state index contributed by atoms with van der Waals surface area (Å²) in [6.07, 6.45) is 1.47. The molecule has 0 aliphatic carbocycles. The minimum absolute atomic E-state index is 0.310. The van der Waals surface area contributed by atoms with E-state index < -0.39 is 0 Å². The summed E-state index contributed by atoms with van der Waals surface area (Å²) in [5, 5.41) is 6.64. The fourth-order valence-electron chi connectivity index (χ4n) is 1.64. The predicted octanol–water partition coefficient (Wildman–Crippen LogP) is 4.68. The summed E-state index contributed by atoms with van der Waals surface area (Å²) < 4.78 is 0.996. The Kier molecular flexibility index (Phi) is 5.66. The maximum absolute atomic E-state index is 12.2. The number of hydrogen-bond donors (Lipinski definition) is 2. The molecule has 0 fully saturated rings. The molecule has 1 amide bonds. The first-order valence-electron chi connectivity index (χ1n) is 6.17. The third-order valence-electron chi connectivity index (χ3n) is 2.63. The van der Waals surface area contributed by atoms with Crippen LogP contribution in [-0.4, -0.2) is 17.4 Å². The zero-order valence-corrected chi connectivity index (χ0v) is 14.8. The van der Waals surface area contributed by atoms with Crippen LogP contribution in [0.25, 0.3) is 0 Å². The number of halogens is 3. The van der Waals surface area contributed by atoms with Crippen LogP contribution in [0.1, 0.15) is 17.3 Å². The van der Waals surface area contributed by atoms with Crippen LogP contribution in [0.5, 0.6) is 0 Å². The number of pyridine rings is 1. The second-order valence-electron chi connectivity index (χ2n) is 4.16. The zero-order chi connectivity index (χ0) is 15.4. The van der Waals surface area contributed by atoms with Gasteiger partial charge >= 0.3 is 0 Å². The molecular formula is C14H12Cl2IN3O. The first-order valence-corrected chi connectivity index (χ1v) is 8.00. The number of rotatable bonds is 4. The second kappa shape index (κ2) is 7.29. The van der Waals surface area contributed by atoms with Gasteiger partial charge in [0, 0.05) is 16.3 Å². The van der Waals surface area contributed by atoms with Gasteiger partial charge in [-0.2, -0.15) is 0 Å². The monoisotopic (exact) mass is 435 g/mol. The lowest BCUT2D eigenvalue weighted by Crippen LogP contribution is -2.13. The van der Waals surface area contributed by atoms with Gasteiger partial charge in [-0.3, -0.25) is 4.79 Å². The van der Waals surface area contributed by atoms with Gasteiger partial charge in [0.1, 0.15) is 5.82 Å². The number of amides is 1. The highest BCUT2D eigenvalue weighted by Gasteiger charge is 2.11. The van der Waals surface area contributed by atoms with Gasteiger partial charge in [0.05, 0.1) is 21.3 Å². The van der Waals surface area contributed by atoms with E-state index in [1.807, 2.05) is 13.0 Å². The average Bonchev–Trinajstić information content (AvgIpc) is 2.44. The highest BCUT2D eigenvalue weighted by molar-refractivity contribution is 14.1. The van der Waals surface area contributed by atoms with Crippen LogP contribution in [0.4, 0.5) is 11.5 Å². The Morgan fingerprint density at radius 3 is 2.67 bits per heavy atom. The van der Waals surface area contributed by atoms with Gasteiger partial charge in [-0.25, -0.2) is 4.98 Å². The molecule has 1 heterocycles. The zero-order valence-electron chi connectivity index (χ0n) is 11.1. The summed E-state index contributed by atoms with van der Waals surface area (Å²) in [5.41, 5.74) is 0.922. The van der Waals surface area contributed by atoms with Gasteiger partial charge in [-0.1, -0.05) is 23.2 Å². The van der Waals surface area contributed by atoms with E-state index in [1.54, 1.807) is 18.2 Å². The molecule has 0 spiro atoms. The van der Waals surface area contributed by atoms with E-state index in [0.29, 0.717) is 33.7 Å². The van der Waals surface area contributed by atoms with Crippen molar-refractivity contribution in [1.29, 1.82) is 0 Å². The lowest BCUT2D eigenvalue weighted by Gasteiger charge is -2.09. The van der Waals surface area contributed by atoms with Crippen molar-refractivity contribution in [2.75, 3.05) is 17.2 Å². The van der Waals surface area contributed by atoms with Crippen LogP contribution in [-0.2, 0) is 0 Å². The van der Waals surface area contributed by atoms with E-state index in [-0.39, 0.29) is 5.91 Å². The number of benzene rings is 1. The fourth-order valence-corrected chi connectivity index (χ4v) is 2.78. The van der Waals surface area contributed by atoms with E-state index in [2.05, 4.69) is 38.2 Å². The normalized spacial score (nSPS) is 10.3. The highest BCUT2D eigenvalue weighted by Crippen LogP contribution is 2.25. The fraction of sp³-hybridized carbons (Fsp3) is 0.143. The van der Waals surface area contributed by atoms with Crippen LogP contribution in [0.15, 0.2) is 30.5 Å². The maximum atomic E-state index is 12.2. The number of hydrogen-bond acceptors (Lipinski definition) is 3. The average molecular weight is 436 g/mol. The number of carbonyl (C=O) groups is 1. The lowest BCUT2D eigenvalue weighted by molar-refractivity contribution is 0.102. The highest BCUT2D eigenvalue weighted by atomic mass is 127. The van der Waals surface area contributed by atoms with Crippen LogP contribution in [0, 0.1) is 3.57 Å². The van der Waals surface area contributed by atoms with Crippen molar-refractivity contribution < 1.29 is 4.79 Å². The maximum Gasteiger partial charge on any atom is 0.257 e. The summed E-state index contributed by atoms with van der Waals surface area (Å²) >= 11 is 14.3. The molecule has 0 radical (unpaired) electrons. The molecule has 2 aromatic rings. The third kappa shape index (κ3) is 4.21. The Bertz CT molecular complexity index is 679. The van der Waals surface area contributed by atoms with E-state index in [4.69, 9.17) is 23.2 Å². The van der Waals surface area contributed by atoms with Crippen LogP contribution in [0.3, 0.4) is 0 Å². The third-order valence-corrected chi connectivity index (χ3v) is 3.90. The van der Waals surface area contributed by atoms with Crippen molar-refractivity contribution in [2.45, 2.75) is 6.92 Å². The number of nitrogens with zero attached hydrogens (tertiary/aromatic N) is 1. The first-order chi connectivity index (χ1) is 10.0. The minimum Gasteiger partial charge on any atom is -0.369 e. The van der Waals surface area contributed by atoms with Gasteiger partial charge in [0.25, 0.3) is 5.91 Å². The number of nitrogens with one attached hydrogen (secondary N) is 2. The van der Waals surface area contributed by atoms with E-state index in [9.17, 15) is 4.79 Å². The molecule has 0 saturated heterocycles. The Hall–Kier alpha value is -1.05. The van der Waals surface area contributed by atoms with Crippen molar-refractivity contribution >= 4 is 63.2 Å². The van der Waals surface area contributed by atoms with E-state index in [0.717, 1.165) is 3.57 Å². The minimum atomic E-state index is -0.310. The van der Waals surface area contributed by atoms with Gasteiger partial charge < -0.3 is 10.6 Å². The standard InChI is InChI=1S/C14H12Cl2IN3O/c1-2-18-13-11(16)5-8(7-19-13)14(21)20-12-4-3-9(17)6-10(12)15/h3-7H,2H2,1H3,(H,18,19)(H,20,21). The molecule has 1 aromatic carbocycles. The van der Waals surface area contributed by atoms with Gasteiger partial charge in [0.15, 0.2) is 0 Å². The molecule has 110 valence electrons. The molecule has 0 bridgehead atoms. The molecule has 4 nitrogen and oxygen atoms in total. The lowest BCUT2D eigenvalue weighted by atomic mass is 10.2. The molecule has 1 aromatic heterocycles. The smallest absolute Gasteiger partial charge is 0.257 e. The molecule has 0 unspecified atom stereocenters. The molecule has 2 rings (SSSR count). The second-order valence-corrected chi connectivity index (χ2v) is 6.22. The molecule has 0 aliphatic rings.